The molecule has 0 spiro atoms. The molecule has 0 aliphatic heterocycles. The lowest BCUT2D eigenvalue weighted by molar-refractivity contribution is -0.135. The molecule has 166 valence electrons. The molecule has 5 aromatic rings. The van der Waals surface area contributed by atoms with E-state index in [2.05, 4.69) is 15.4 Å². The first-order chi connectivity index (χ1) is 15.6. The van der Waals surface area contributed by atoms with Crippen LogP contribution in [0.25, 0.3) is 43.7 Å². The van der Waals surface area contributed by atoms with Crippen molar-refractivity contribution in [3.05, 3.63) is 77.6 Å². The molecule has 0 saturated carbocycles. The SMILES string of the molecule is CC(C)(C)c1cc(-c2nnnc3c(C(F)(F)F)c4ccccc4c(F)c23)cc2ccccc12. The second-order valence-electron chi connectivity index (χ2n) is 9.09. The van der Waals surface area contributed by atoms with Gasteiger partial charge >= 0.3 is 6.18 Å². The largest absolute Gasteiger partial charge is 0.419 e. The van der Waals surface area contributed by atoms with E-state index in [4.69, 9.17) is 0 Å². The molecule has 0 aliphatic carbocycles. The monoisotopic (exact) mass is 449 g/mol. The van der Waals surface area contributed by atoms with Crippen LogP contribution in [-0.2, 0) is 11.6 Å². The number of rotatable bonds is 1. The molecule has 0 fully saturated rings. The van der Waals surface area contributed by atoms with E-state index in [0.29, 0.717) is 5.56 Å². The van der Waals surface area contributed by atoms with E-state index in [-0.39, 0.29) is 27.3 Å². The number of hydrogen-bond acceptors (Lipinski definition) is 3. The fourth-order valence-corrected chi connectivity index (χ4v) is 4.42. The van der Waals surface area contributed by atoms with Gasteiger partial charge in [0.15, 0.2) is 0 Å². The molecule has 0 atom stereocenters. The highest BCUT2D eigenvalue weighted by atomic mass is 19.4. The van der Waals surface area contributed by atoms with Crippen molar-refractivity contribution in [3.8, 4) is 11.3 Å². The molecule has 0 N–H and O–H groups in total. The molecule has 0 bridgehead atoms. The van der Waals surface area contributed by atoms with Crippen molar-refractivity contribution < 1.29 is 17.6 Å². The van der Waals surface area contributed by atoms with Crippen LogP contribution >= 0.6 is 0 Å². The number of halogens is 4. The van der Waals surface area contributed by atoms with Gasteiger partial charge in [0.2, 0.25) is 0 Å². The minimum absolute atomic E-state index is 0.0324. The third kappa shape index (κ3) is 3.39. The number of hydrogen-bond donors (Lipinski definition) is 0. The predicted molar refractivity (Wildman–Crippen MR) is 121 cm³/mol. The van der Waals surface area contributed by atoms with Gasteiger partial charge in [-0.1, -0.05) is 69.3 Å². The second-order valence-corrected chi connectivity index (χ2v) is 9.09. The summed E-state index contributed by atoms with van der Waals surface area (Å²) in [4.78, 5) is 0. The Morgan fingerprint density at radius 2 is 1.39 bits per heavy atom. The lowest BCUT2D eigenvalue weighted by atomic mass is 9.82. The minimum atomic E-state index is -4.75. The van der Waals surface area contributed by atoms with Crippen LogP contribution in [0.4, 0.5) is 17.6 Å². The van der Waals surface area contributed by atoms with Gasteiger partial charge in [0, 0.05) is 10.9 Å². The summed E-state index contributed by atoms with van der Waals surface area (Å²) in [5.41, 5.74) is -0.337. The maximum absolute atomic E-state index is 15.8. The molecule has 1 heterocycles. The van der Waals surface area contributed by atoms with Crippen molar-refractivity contribution in [2.75, 3.05) is 0 Å². The average Bonchev–Trinajstić information content (AvgIpc) is 2.76. The highest BCUT2D eigenvalue weighted by Gasteiger charge is 2.38. The molecule has 5 rings (SSSR count). The van der Waals surface area contributed by atoms with Crippen LogP contribution in [0.1, 0.15) is 31.9 Å². The lowest BCUT2D eigenvalue weighted by Crippen LogP contribution is -2.13. The van der Waals surface area contributed by atoms with Gasteiger partial charge in [-0.2, -0.15) is 13.2 Å². The van der Waals surface area contributed by atoms with Crippen LogP contribution in [0.2, 0.25) is 0 Å². The van der Waals surface area contributed by atoms with E-state index in [1.54, 1.807) is 6.07 Å². The predicted octanol–water partition coefficient (Wildman–Crippen LogP) is 7.45. The maximum atomic E-state index is 15.8. The van der Waals surface area contributed by atoms with Crippen LogP contribution in [0.15, 0.2) is 60.7 Å². The van der Waals surface area contributed by atoms with Gasteiger partial charge in [0.25, 0.3) is 0 Å². The van der Waals surface area contributed by atoms with Gasteiger partial charge in [-0.15, -0.1) is 10.2 Å². The Labute approximate surface area is 187 Å². The summed E-state index contributed by atoms with van der Waals surface area (Å²) in [6.45, 7) is 6.14. The first-order valence-electron chi connectivity index (χ1n) is 10.4. The molecule has 0 saturated heterocycles. The van der Waals surface area contributed by atoms with Crippen LogP contribution in [-0.4, -0.2) is 15.4 Å². The zero-order valence-corrected chi connectivity index (χ0v) is 18.1. The van der Waals surface area contributed by atoms with Gasteiger partial charge in [0.05, 0.1) is 10.9 Å². The Morgan fingerprint density at radius 1 is 0.758 bits per heavy atom. The Hall–Kier alpha value is -3.61. The molecular formula is C26H19F4N3. The molecule has 7 heteroatoms. The maximum Gasteiger partial charge on any atom is 0.419 e. The van der Waals surface area contributed by atoms with E-state index in [1.807, 2.05) is 51.1 Å². The number of fused-ring (bicyclic) bond motifs is 3. The fourth-order valence-electron chi connectivity index (χ4n) is 4.42. The molecule has 0 amide bonds. The number of nitrogens with zero attached hydrogens (tertiary/aromatic N) is 3. The van der Waals surface area contributed by atoms with Crippen molar-refractivity contribution >= 4 is 32.4 Å². The van der Waals surface area contributed by atoms with E-state index in [1.165, 1.54) is 24.3 Å². The van der Waals surface area contributed by atoms with Crippen molar-refractivity contribution in [1.82, 2.24) is 15.4 Å². The number of alkyl halides is 3. The molecule has 0 aliphatic rings. The standard InChI is InChI=1S/C26H19F4N3/c1-25(2,3)19-13-15(12-14-8-4-5-9-16(14)19)23-20-22(27)18-11-7-6-10-17(18)21(26(28,29)30)24(20)32-33-31-23/h4-13H,1-3H3. The van der Waals surface area contributed by atoms with Crippen LogP contribution in [0, 0.1) is 5.82 Å². The van der Waals surface area contributed by atoms with Gasteiger partial charge in [-0.05, 0) is 44.5 Å². The van der Waals surface area contributed by atoms with Gasteiger partial charge in [-0.25, -0.2) is 4.39 Å². The zero-order valence-electron chi connectivity index (χ0n) is 18.1. The summed E-state index contributed by atoms with van der Waals surface area (Å²) >= 11 is 0. The van der Waals surface area contributed by atoms with Gasteiger partial charge < -0.3 is 0 Å². The Morgan fingerprint density at radius 3 is 2.06 bits per heavy atom. The van der Waals surface area contributed by atoms with E-state index >= 15 is 4.39 Å². The van der Waals surface area contributed by atoms with Crippen LogP contribution < -0.4 is 0 Å². The van der Waals surface area contributed by atoms with Crippen molar-refractivity contribution in [2.24, 2.45) is 0 Å². The van der Waals surface area contributed by atoms with Crippen LogP contribution in [0.5, 0.6) is 0 Å². The smallest absolute Gasteiger partial charge is 0.205 e. The topological polar surface area (TPSA) is 38.7 Å². The minimum Gasteiger partial charge on any atom is -0.205 e. The summed E-state index contributed by atoms with van der Waals surface area (Å²) in [7, 11) is 0. The molecule has 3 nitrogen and oxygen atoms in total. The average molecular weight is 449 g/mol. The molecule has 4 aromatic carbocycles. The molecule has 0 radical (unpaired) electrons. The van der Waals surface area contributed by atoms with Gasteiger partial charge in [-0.3, -0.25) is 0 Å². The number of benzene rings is 4. The lowest BCUT2D eigenvalue weighted by Gasteiger charge is -2.23. The fraction of sp³-hybridized carbons (Fsp3) is 0.192. The van der Waals surface area contributed by atoms with Crippen LogP contribution in [0.3, 0.4) is 0 Å². The first-order valence-corrected chi connectivity index (χ1v) is 10.4. The third-order valence-electron chi connectivity index (χ3n) is 5.88. The Balaban J connectivity index is 1.96. The molecule has 33 heavy (non-hydrogen) atoms. The number of aromatic nitrogens is 3. The van der Waals surface area contributed by atoms with Crippen molar-refractivity contribution in [2.45, 2.75) is 32.4 Å². The summed E-state index contributed by atoms with van der Waals surface area (Å²) in [6, 6.07) is 16.9. The quantitative estimate of drug-likeness (QED) is 0.197. The van der Waals surface area contributed by atoms with E-state index in [9.17, 15) is 13.2 Å². The molecule has 0 unspecified atom stereocenters. The Bertz CT molecular complexity index is 1550. The zero-order chi connectivity index (χ0) is 23.5. The third-order valence-corrected chi connectivity index (χ3v) is 5.88. The van der Waals surface area contributed by atoms with Crippen molar-refractivity contribution in [3.63, 3.8) is 0 Å². The van der Waals surface area contributed by atoms with E-state index < -0.39 is 23.1 Å². The Kier molecular flexibility index (Phi) is 4.64. The van der Waals surface area contributed by atoms with Crippen molar-refractivity contribution in [1.29, 1.82) is 0 Å². The van der Waals surface area contributed by atoms with E-state index in [0.717, 1.165) is 16.3 Å². The summed E-state index contributed by atoms with van der Waals surface area (Å²) < 4.78 is 58.1. The first kappa shape index (κ1) is 21.2. The van der Waals surface area contributed by atoms with Gasteiger partial charge in [0.1, 0.15) is 17.0 Å². The highest BCUT2D eigenvalue weighted by molar-refractivity contribution is 6.07. The molecule has 1 aromatic heterocycles. The normalized spacial score (nSPS) is 12.7. The highest BCUT2D eigenvalue weighted by Crippen LogP contribution is 2.43. The summed E-state index contributed by atoms with van der Waals surface area (Å²) in [5, 5.41) is 12.5. The second kappa shape index (κ2) is 7.20. The summed E-state index contributed by atoms with van der Waals surface area (Å²) in [6.07, 6.45) is -4.75. The summed E-state index contributed by atoms with van der Waals surface area (Å²) in [5.74, 6) is -0.795. The molecular weight excluding hydrogens is 430 g/mol.